The van der Waals surface area contributed by atoms with Gasteiger partial charge in [0.1, 0.15) is 0 Å². The minimum atomic E-state index is 0.946. The Hall–Kier alpha value is -6.25. The van der Waals surface area contributed by atoms with Gasteiger partial charge in [-0.05, 0) is 81.1 Å². The van der Waals surface area contributed by atoms with Crippen LogP contribution >= 0.6 is 0 Å². The third-order valence-corrected chi connectivity index (χ3v) is 8.74. The molecule has 0 N–H and O–H groups in total. The molecule has 0 bridgehead atoms. The van der Waals surface area contributed by atoms with Gasteiger partial charge in [-0.25, -0.2) is 0 Å². The lowest BCUT2D eigenvalue weighted by atomic mass is 9.95. The summed E-state index contributed by atoms with van der Waals surface area (Å²) in [6.07, 6.45) is 5.97. The minimum absolute atomic E-state index is 0.946. The van der Waals surface area contributed by atoms with Crippen molar-refractivity contribution in [2.45, 2.75) is 0 Å². The average molecular weight is 601 g/mol. The Morgan fingerprint density at radius 1 is 0.383 bits per heavy atom. The molecule has 0 spiro atoms. The van der Waals surface area contributed by atoms with Gasteiger partial charge >= 0.3 is 0 Å². The number of pyridine rings is 1. The van der Waals surface area contributed by atoms with E-state index in [2.05, 4.69) is 173 Å². The van der Waals surface area contributed by atoms with Crippen LogP contribution in [0.3, 0.4) is 0 Å². The molecule has 47 heavy (non-hydrogen) atoms. The molecule has 8 aromatic rings. The molecule has 2 aromatic heterocycles. The molecule has 0 saturated carbocycles. The summed E-state index contributed by atoms with van der Waals surface area (Å²) in [5, 5.41) is 4.93. The molecular formula is C45H32N2. The number of para-hydroxylation sites is 2. The molecule has 0 unspecified atom stereocenters. The van der Waals surface area contributed by atoms with E-state index in [1.807, 2.05) is 30.5 Å². The maximum absolute atomic E-state index is 4.40. The van der Waals surface area contributed by atoms with Crippen molar-refractivity contribution in [3.05, 3.63) is 193 Å². The molecule has 2 heteroatoms. The standard InChI is InChI=1S/C45H32N2/c1-2-4-15-39(35-27-30-37(31-28-35)47-44-20-9-7-18-42(44)43-19-8-10-21-45(43)47)41-17-6-5-16-40(41)38(14-3-1)34-25-22-33(23-26-34)24-29-36-13-11-12-32-46-36/h1-32H/b2-1?,3-1?,4-2?,14-3?,15-4?,29-24+,38-14?,39-15?,40-38?,41-39?. The zero-order valence-electron chi connectivity index (χ0n) is 25.9. The highest BCUT2D eigenvalue weighted by atomic mass is 15.0. The van der Waals surface area contributed by atoms with E-state index in [0.29, 0.717) is 0 Å². The van der Waals surface area contributed by atoms with Crippen molar-refractivity contribution < 1.29 is 0 Å². The molecule has 0 saturated heterocycles. The molecule has 2 heterocycles. The molecule has 2 nitrogen and oxygen atoms in total. The molecule has 0 radical (unpaired) electrons. The van der Waals surface area contributed by atoms with Gasteiger partial charge < -0.3 is 4.57 Å². The summed E-state index contributed by atoms with van der Waals surface area (Å²) < 4.78 is 2.37. The summed E-state index contributed by atoms with van der Waals surface area (Å²) in [6, 6.07) is 62.6. The first kappa shape index (κ1) is 28.2. The van der Waals surface area contributed by atoms with E-state index in [4.69, 9.17) is 0 Å². The van der Waals surface area contributed by atoms with Crippen LogP contribution in [-0.4, -0.2) is 9.55 Å². The third kappa shape index (κ3) is 5.58. The fourth-order valence-corrected chi connectivity index (χ4v) is 6.49. The third-order valence-electron chi connectivity index (χ3n) is 8.74. The maximum Gasteiger partial charge on any atom is 0.0629 e. The number of nitrogens with zero attached hydrogens (tertiary/aromatic N) is 2. The van der Waals surface area contributed by atoms with Gasteiger partial charge in [0, 0.05) is 22.7 Å². The van der Waals surface area contributed by atoms with E-state index in [1.165, 1.54) is 54.8 Å². The molecule has 222 valence electrons. The monoisotopic (exact) mass is 600 g/mol. The quantitative estimate of drug-likeness (QED) is 0.192. The Kier molecular flexibility index (Phi) is 7.59. The van der Waals surface area contributed by atoms with Gasteiger partial charge in [0.15, 0.2) is 0 Å². The number of hydrogen-bond donors (Lipinski definition) is 0. The van der Waals surface area contributed by atoms with E-state index < -0.39 is 0 Å². The first-order valence-corrected chi connectivity index (χ1v) is 16.0. The second-order valence-electron chi connectivity index (χ2n) is 11.6. The predicted molar refractivity (Wildman–Crippen MR) is 200 cm³/mol. The molecule has 0 amide bonds. The Balaban J connectivity index is 1.23. The van der Waals surface area contributed by atoms with Gasteiger partial charge in [0.25, 0.3) is 0 Å². The highest BCUT2D eigenvalue weighted by molar-refractivity contribution is 6.09. The number of benzene rings is 5. The summed E-state index contributed by atoms with van der Waals surface area (Å²) in [5.41, 5.74) is 10.4. The van der Waals surface area contributed by atoms with Gasteiger partial charge in [-0.3, -0.25) is 4.98 Å². The summed E-state index contributed by atoms with van der Waals surface area (Å²) in [6.45, 7) is 0. The lowest BCUT2D eigenvalue weighted by Crippen LogP contribution is -1.93. The van der Waals surface area contributed by atoms with Crippen molar-refractivity contribution in [3.63, 3.8) is 0 Å². The molecule has 6 aromatic carbocycles. The summed E-state index contributed by atoms with van der Waals surface area (Å²) in [4.78, 5) is 4.40. The van der Waals surface area contributed by atoms with Crippen LogP contribution in [0.4, 0.5) is 0 Å². The number of aromatic nitrogens is 2. The van der Waals surface area contributed by atoms with Crippen molar-refractivity contribution in [1.29, 1.82) is 0 Å². The Morgan fingerprint density at radius 2 is 0.872 bits per heavy atom. The van der Waals surface area contributed by atoms with Gasteiger partial charge in [-0.2, -0.15) is 0 Å². The van der Waals surface area contributed by atoms with Crippen LogP contribution in [0.25, 0.3) is 72.7 Å². The minimum Gasteiger partial charge on any atom is -0.309 e. The Morgan fingerprint density at radius 3 is 1.43 bits per heavy atom. The predicted octanol–water partition coefficient (Wildman–Crippen LogP) is 12.0. The van der Waals surface area contributed by atoms with Crippen LogP contribution in [0.5, 0.6) is 0 Å². The van der Waals surface area contributed by atoms with Crippen LogP contribution in [0.1, 0.15) is 11.3 Å². The van der Waals surface area contributed by atoms with Crippen LogP contribution in [0, 0.1) is 0 Å². The van der Waals surface area contributed by atoms with Crippen molar-refractivity contribution in [3.8, 4) is 27.9 Å². The molecule has 0 aliphatic carbocycles. The molecule has 0 aliphatic heterocycles. The fraction of sp³-hybridized carbons (Fsp3) is 0. The van der Waals surface area contributed by atoms with E-state index in [0.717, 1.165) is 16.9 Å². The summed E-state index contributed by atoms with van der Waals surface area (Å²) in [7, 11) is 0. The summed E-state index contributed by atoms with van der Waals surface area (Å²) >= 11 is 0. The van der Waals surface area contributed by atoms with Crippen molar-refractivity contribution >= 4 is 44.7 Å². The van der Waals surface area contributed by atoms with Gasteiger partial charge in [0.05, 0.1) is 16.7 Å². The lowest BCUT2D eigenvalue weighted by molar-refractivity contribution is 1.18. The molecule has 0 aliphatic rings. The molecular weight excluding hydrogens is 569 g/mol. The molecule has 8 rings (SSSR count). The smallest absolute Gasteiger partial charge is 0.0629 e. The molecule has 0 fully saturated rings. The second-order valence-corrected chi connectivity index (χ2v) is 11.6. The maximum atomic E-state index is 4.40. The van der Waals surface area contributed by atoms with E-state index >= 15 is 0 Å². The van der Waals surface area contributed by atoms with Crippen LogP contribution < -0.4 is 0 Å². The van der Waals surface area contributed by atoms with Crippen LogP contribution in [0.2, 0.25) is 0 Å². The van der Waals surface area contributed by atoms with E-state index in [9.17, 15) is 0 Å². The Labute approximate surface area is 274 Å². The number of fused-ring (bicyclic) bond motifs is 4. The van der Waals surface area contributed by atoms with E-state index in [-0.39, 0.29) is 0 Å². The van der Waals surface area contributed by atoms with Crippen molar-refractivity contribution in [1.82, 2.24) is 9.55 Å². The zero-order chi connectivity index (χ0) is 31.4. The van der Waals surface area contributed by atoms with E-state index in [1.54, 1.807) is 0 Å². The lowest BCUT2D eigenvalue weighted by Gasteiger charge is -2.11. The second kappa shape index (κ2) is 12.6. The molecule has 0 atom stereocenters. The van der Waals surface area contributed by atoms with Crippen molar-refractivity contribution in [2.75, 3.05) is 0 Å². The summed E-state index contributed by atoms with van der Waals surface area (Å²) in [5.74, 6) is 0. The van der Waals surface area contributed by atoms with Gasteiger partial charge in [-0.15, -0.1) is 0 Å². The Bertz CT molecular complexity index is 2380. The van der Waals surface area contributed by atoms with Gasteiger partial charge in [0.2, 0.25) is 0 Å². The highest BCUT2D eigenvalue weighted by Gasteiger charge is 2.12. The van der Waals surface area contributed by atoms with Crippen molar-refractivity contribution in [2.24, 2.45) is 0 Å². The first-order valence-electron chi connectivity index (χ1n) is 16.0. The van der Waals surface area contributed by atoms with Crippen LogP contribution in [-0.2, 0) is 0 Å². The number of hydrogen-bond acceptors (Lipinski definition) is 1. The highest BCUT2D eigenvalue weighted by Crippen LogP contribution is 2.35. The fourth-order valence-electron chi connectivity index (χ4n) is 6.49. The zero-order valence-corrected chi connectivity index (χ0v) is 25.9. The van der Waals surface area contributed by atoms with Gasteiger partial charge in [-0.1, -0.05) is 146 Å². The van der Waals surface area contributed by atoms with Crippen LogP contribution in [0.15, 0.2) is 182 Å². The average Bonchev–Trinajstić information content (AvgIpc) is 3.48. The SMILES string of the molecule is C(=C\c1ccccn1)/c1ccc(-c2ccccccc(-c3ccc(-n4c5ccccc5c5ccccc54)cc3)c3ccccc23)cc1. The number of rotatable bonds is 5. The topological polar surface area (TPSA) is 17.8 Å². The normalized spacial score (nSPS) is 11.3. The first-order chi connectivity index (χ1) is 23.3. The largest absolute Gasteiger partial charge is 0.309 e.